The molecule has 2 aromatic carbocycles. The van der Waals surface area contributed by atoms with Gasteiger partial charge in [-0.1, -0.05) is 23.2 Å². The topological polar surface area (TPSA) is 76.7 Å². The number of ether oxygens (including phenoxy) is 1. The first-order chi connectivity index (χ1) is 14.0. The van der Waals surface area contributed by atoms with Gasteiger partial charge in [0.1, 0.15) is 11.3 Å². The van der Waals surface area contributed by atoms with E-state index in [1.54, 1.807) is 37.4 Å². The Bertz CT molecular complexity index is 1280. The lowest BCUT2D eigenvalue weighted by Crippen LogP contribution is -2.01. The summed E-state index contributed by atoms with van der Waals surface area (Å²) in [7, 11) is 1.57. The van der Waals surface area contributed by atoms with Gasteiger partial charge in [0.05, 0.1) is 24.0 Å². The van der Waals surface area contributed by atoms with Crippen molar-refractivity contribution in [2.45, 2.75) is 0 Å². The molecule has 146 valence electrons. The van der Waals surface area contributed by atoms with E-state index < -0.39 is 5.63 Å². The molecule has 0 fully saturated rings. The minimum atomic E-state index is -0.460. The number of anilines is 1. The van der Waals surface area contributed by atoms with Crippen molar-refractivity contribution in [3.8, 4) is 17.0 Å². The zero-order chi connectivity index (χ0) is 20.4. The van der Waals surface area contributed by atoms with E-state index >= 15 is 0 Å². The van der Waals surface area contributed by atoms with Crippen molar-refractivity contribution in [3.05, 3.63) is 73.9 Å². The van der Waals surface area contributed by atoms with E-state index in [1.165, 1.54) is 23.6 Å². The van der Waals surface area contributed by atoms with Gasteiger partial charge in [0.2, 0.25) is 5.13 Å². The Morgan fingerprint density at radius 1 is 1.21 bits per heavy atom. The van der Waals surface area contributed by atoms with Crippen molar-refractivity contribution in [1.29, 1.82) is 0 Å². The van der Waals surface area contributed by atoms with E-state index in [0.29, 0.717) is 43.2 Å². The van der Waals surface area contributed by atoms with Gasteiger partial charge < -0.3 is 9.15 Å². The fourth-order valence-corrected chi connectivity index (χ4v) is 3.87. The molecule has 1 N–H and O–H groups in total. The molecule has 0 aliphatic carbocycles. The van der Waals surface area contributed by atoms with Gasteiger partial charge in [-0.3, -0.25) is 5.43 Å². The number of rotatable bonds is 5. The van der Waals surface area contributed by atoms with Crippen molar-refractivity contribution in [2.75, 3.05) is 12.5 Å². The standard InChI is InChI=1S/C20H13Cl2N3O3S/c1-27-13-3-5-18-15(8-13)11(6-19(26)28-18)9-23-25-20-24-17(10-29-20)14-4-2-12(21)7-16(14)22/h2-10H,1H3,(H,24,25)/b23-9-. The summed E-state index contributed by atoms with van der Waals surface area (Å²) in [6.07, 6.45) is 1.54. The zero-order valence-corrected chi connectivity index (χ0v) is 17.3. The highest BCUT2D eigenvalue weighted by atomic mass is 35.5. The molecule has 9 heteroatoms. The van der Waals surface area contributed by atoms with Crippen LogP contribution < -0.4 is 15.8 Å². The number of hydrogen-bond donors (Lipinski definition) is 1. The second-order valence-corrected chi connectivity index (χ2v) is 7.62. The van der Waals surface area contributed by atoms with Crippen molar-refractivity contribution >= 4 is 56.9 Å². The molecule has 0 aliphatic rings. The third-order valence-electron chi connectivity index (χ3n) is 4.06. The molecule has 0 spiro atoms. The summed E-state index contributed by atoms with van der Waals surface area (Å²) in [6.45, 7) is 0. The van der Waals surface area contributed by atoms with E-state index in [2.05, 4.69) is 15.5 Å². The summed E-state index contributed by atoms with van der Waals surface area (Å²) in [5, 5.41) is 8.44. The first-order valence-corrected chi connectivity index (χ1v) is 9.99. The first kappa shape index (κ1) is 19.4. The Hall–Kier alpha value is -2.87. The SMILES string of the molecule is COc1ccc2oc(=O)cc(/C=N\Nc3nc(-c4ccc(Cl)cc4Cl)cs3)c2c1. The maximum Gasteiger partial charge on any atom is 0.336 e. The van der Waals surface area contributed by atoms with Crippen LogP contribution >= 0.6 is 34.5 Å². The summed E-state index contributed by atoms with van der Waals surface area (Å²) in [5.74, 6) is 0.651. The largest absolute Gasteiger partial charge is 0.497 e. The Morgan fingerprint density at radius 2 is 2.07 bits per heavy atom. The number of nitrogens with zero attached hydrogens (tertiary/aromatic N) is 2. The van der Waals surface area contributed by atoms with Gasteiger partial charge in [-0.05, 0) is 36.4 Å². The minimum Gasteiger partial charge on any atom is -0.497 e. The van der Waals surface area contributed by atoms with Crippen LogP contribution in [0, 0.1) is 0 Å². The second kappa shape index (κ2) is 8.24. The van der Waals surface area contributed by atoms with Gasteiger partial charge in [0, 0.05) is 33.0 Å². The van der Waals surface area contributed by atoms with E-state index in [1.807, 2.05) is 11.4 Å². The molecule has 0 saturated carbocycles. The summed E-state index contributed by atoms with van der Waals surface area (Å²) in [6, 6.07) is 11.8. The van der Waals surface area contributed by atoms with Gasteiger partial charge in [-0.2, -0.15) is 5.10 Å². The fraction of sp³-hybridized carbons (Fsp3) is 0.0500. The van der Waals surface area contributed by atoms with Crippen molar-refractivity contribution in [1.82, 2.24) is 4.98 Å². The Balaban J connectivity index is 1.58. The number of methoxy groups -OCH3 is 1. The van der Waals surface area contributed by atoms with Crippen LogP contribution in [0.1, 0.15) is 5.56 Å². The molecular formula is C20H13Cl2N3O3S. The molecular weight excluding hydrogens is 433 g/mol. The Kier molecular flexibility index (Phi) is 5.53. The van der Waals surface area contributed by atoms with E-state index in [-0.39, 0.29) is 0 Å². The third kappa shape index (κ3) is 4.27. The van der Waals surface area contributed by atoms with Gasteiger partial charge in [-0.25, -0.2) is 9.78 Å². The summed E-state index contributed by atoms with van der Waals surface area (Å²) in [5.41, 5.74) is 4.95. The van der Waals surface area contributed by atoms with Crippen LogP contribution in [0.15, 0.2) is 62.2 Å². The second-order valence-electron chi connectivity index (χ2n) is 5.91. The highest BCUT2D eigenvalue weighted by Gasteiger charge is 2.09. The van der Waals surface area contributed by atoms with Gasteiger partial charge in [0.25, 0.3) is 0 Å². The molecule has 2 aromatic heterocycles. The molecule has 0 saturated heterocycles. The van der Waals surface area contributed by atoms with Crippen LogP contribution in [-0.2, 0) is 0 Å². The van der Waals surface area contributed by atoms with Crippen LogP contribution in [0.2, 0.25) is 10.0 Å². The average Bonchev–Trinajstić information content (AvgIpc) is 3.16. The number of benzene rings is 2. The lowest BCUT2D eigenvalue weighted by molar-refractivity contribution is 0.415. The molecule has 0 atom stereocenters. The Morgan fingerprint density at radius 3 is 2.86 bits per heavy atom. The molecule has 0 unspecified atom stereocenters. The number of nitrogens with one attached hydrogen (secondary N) is 1. The number of fused-ring (bicyclic) bond motifs is 1. The van der Waals surface area contributed by atoms with Crippen LogP contribution in [0.4, 0.5) is 5.13 Å². The normalized spacial score (nSPS) is 11.3. The summed E-state index contributed by atoms with van der Waals surface area (Å²) < 4.78 is 10.4. The minimum absolute atomic E-state index is 0.452. The maximum atomic E-state index is 11.8. The lowest BCUT2D eigenvalue weighted by Gasteiger charge is -2.04. The smallest absolute Gasteiger partial charge is 0.336 e. The predicted octanol–water partition coefficient (Wildman–Crippen LogP) is 5.68. The van der Waals surface area contributed by atoms with Gasteiger partial charge >= 0.3 is 5.63 Å². The molecule has 2 heterocycles. The van der Waals surface area contributed by atoms with E-state index in [4.69, 9.17) is 32.4 Å². The number of aromatic nitrogens is 1. The molecule has 4 rings (SSSR count). The van der Waals surface area contributed by atoms with Crippen molar-refractivity contribution in [2.24, 2.45) is 5.10 Å². The highest BCUT2D eigenvalue weighted by Crippen LogP contribution is 2.32. The Labute approximate surface area is 179 Å². The zero-order valence-electron chi connectivity index (χ0n) is 15.0. The summed E-state index contributed by atoms with van der Waals surface area (Å²) in [4.78, 5) is 16.3. The molecule has 0 radical (unpaired) electrons. The van der Waals surface area contributed by atoms with Crippen molar-refractivity contribution in [3.63, 3.8) is 0 Å². The predicted molar refractivity (Wildman–Crippen MR) is 118 cm³/mol. The molecule has 0 amide bonds. The van der Waals surface area contributed by atoms with E-state index in [0.717, 1.165) is 5.56 Å². The third-order valence-corrected chi connectivity index (χ3v) is 5.35. The average molecular weight is 446 g/mol. The number of hydrogen-bond acceptors (Lipinski definition) is 7. The van der Waals surface area contributed by atoms with Crippen LogP contribution in [0.25, 0.3) is 22.2 Å². The van der Waals surface area contributed by atoms with Crippen molar-refractivity contribution < 1.29 is 9.15 Å². The number of halogens is 2. The number of hydrazone groups is 1. The quantitative estimate of drug-likeness (QED) is 0.243. The van der Waals surface area contributed by atoms with Crippen LogP contribution in [-0.4, -0.2) is 18.3 Å². The number of thiazole rings is 1. The molecule has 0 bridgehead atoms. The molecule has 29 heavy (non-hydrogen) atoms. The van der Waals surface area contributed by atoms with Crippen LogP contribution in [0.3, 0.4) is 0 Å². The van der Waals surface area contributed by atoms with E-state index in [9.17, 15) is 4.79 Å². The van der Waals surface area contributed by atoms with Crippen LogP contribution in [0.5, 0.6) is 5.75 Å². The fourth-order valence-electron chi connectivity index (χ4n) is 2.70. The monoisotopic (exact) mass is 445 g/mol. The summed E-state index contributed by atoms with van der Waals surface area (Å²) >= 11 is 13.5. The molecule has 4 aromatic rings. The van der Waals surface area contributed by atoms with Gasteiger partial charge in [0.15, 0.2) is 0 Å². The first-order valence-electron chi connectivity index (χ1n) is 8.35. The maximum absolute atomic E-state index is 11.8. The molecule has 6 nitrogen and oxygen atoms in total. The molecule has 0 aliphatic heterocycles. The lowest BCUT2D eigenvalue weighted by atomic mass is 10.1. The highest BCUT2D eigenvalue weighted by molar-refractivity contribution is 7.14. The van der Waals surface area contributed by atoms with Gasteiger partial charge in [-0.15, -0.1) is 11.3 Å².